The van der Waals surface area contributed by atoms with E-state index >= 15 is 0 Å². The molecule has 31 heavy (non-hydrogen) atoms. The summed E-state index contributed by atoms with van der Waals surface area (Å²) < 4.78 is 15.2. The van der Waals surface area contributed by atoms with Crippen molar-refractivity contribution >= 4 is 40.4 Å². The first-order valence-corrected chi connectivity index (χ1v) is 10.8. The van der Waals surface area contributed by atoms with Gasteiger partial charge in [-0.1, -0.05) is 36.0 Å². The Morgan fingerprint density at radius 1 is 1.16 bits per heavy atom. The molecule has 0 spiro atoms. The molecule has 2 aromatic carbocycles. The van der Waals surface area contributed by atoms with E-state index in [-0.39, 0.29) is 11.4 Å². The zero-order valence-corrected chi connectivity index (χ0v) is 17.4. The van der Waals surface area contributed by atoms with Gasteiger partial charge < -0.3 is 5.32 Å². The summed E-state index contributed by atoms with van der Waals surface area (Å²) in [7, 11) is 0. The van der Waals surface area contributed by atoms with Crippen LogP contribution in [-0.2, 0) is 4.79 Å². The van der Waals surface area contributed by atoms with E-state index in [1.165, 1.54) is 11.3 Å². The molecule has 0 aliphatic heterocycles. The smallest absolute Gasteiger partial charge is 0.295 e. The third-order valence-corrected chi connectivity index (χ3v) is 5.95. The number of nitrogens with one attached hydrogen (secondary N) is 1. The number of aromatic nitrogens is 3. The number of rotatable bonds is 7. The van der Waals surface area contributed by atoms with Crippen molar-refractivity contribution in [3.8, 4) is 16.4 Å². The number of hydrogen-bond acceptors (Lipinski definition) is 7. The van der Waals surface area contributed by atoms with E-state index in [4.69, 9.17) is 0 Å². The summed E-state index contributed by atoms with van der Waals surface area (Å²) in [5, 5.41) is 24.5. The molecule has 0 radical (unpaired) electrons. The van der Waals surface area contributed by atoms with Crippen molar-refractivity contribution in [1.82, 2.24) is 14.8 Å². The van der Waals surface area contributed by atoms with E-state index < -0.39 is 22.3 Å². The van der Waals surface area contributed by atoms with Gasteiger partial charge >= 0.3 is 0 Å². The van der Waals surface area contributed by atoms with Gasteiger partial charge in [0.2, 0.25) is 5.91 Å². The summed E-state index contributed by atoms with van der Waals surface area (Å²) in [6.45, 7) is 0. The number of benzene rings is 2. The van der Waals surface area contributed by atoms with Gasteiger partial charge in [0.15, 0.2) is 11.0 Å². The Bertz CT molecular complexity index is 1230. The van der Waals surface area contributed by atoms with Gasteiger partial charge in [0.25, 0.3) is 5.69 Å². The van der Waals surface area contributed by atoms with Crippen LogP contribution in [0.2, 0.25) is 0 Å². The molecule has 1 amide bonds. The van der Waals surface area contributed by atoms with Crippen LogP contribution in [0, 0.1) is 15.9 Å². The van der Waals surface area contributed by atoms with Crippen molar-refractivity contribution < 1.29 is 14.1 Å². The zero-order valence-electron chi connectivity index (χ0n) is 15.8. The van der Waals surface area contributed by atoms with Gasteiger partial charge in [-0.15, -0.1) is 21.5 Å². The first-order chi connectivity index (χ1) is 15.0. The van der Waals surface area contributed by atoms with Crippen LogP contribution in [0.15, 0.2) is 71.2 Å². The number of thiophene rings is 1. The highest BCUT2D eigenvalue weighted by atomic mass is 32.2. The second kappa shape index (κ2) is 9.06. The van der Waals surface area contributed by atoms with Crippen molar-refractivity contribution in [3.63, 3.8) is 0 Å². The molecule has 156 valence electrons. The maximum absolute atomic E-state index is 13.3. The number of nitro benzene ring substituents is 1. The Morgan fingerprint density at radius 2 is 1.97 bits per heavy atom. The van der Waals surface area contributed by atoms with Crippen LogP contribution >= 0.6 is 23.1 Å². The first kappa shape index (κ1) is 20.7. The summed E-state index contributed by atoms with van der Waals surface area (Å²) in [5.74, 6) is -0.654. The third-order valence-electron chi connectivity index (χ3n) is 4.15. The van der Waals surface area contributed by atoms with Crippen LogP contribution in [0.3, 0.4) is 0 Å². The highest BCUT2D eigenvalue weighted by Gasteiger charge is 2.20. The number of nitrogens with zero attached hydrogens (tertiary/aromatic N) is 4. The Hall–Kier alpha value is -3.57. The Morgan fingerprint density at radius 3 is 2.68 bits per heavy atom. The number of para-hydroxylation sites is 1. The molecule has 0 aliphatic rings. The molecule has 0 atom stereocenters. The summed E-state index contributed by atoms with van der Waals surface area (Å²) >= 11 is 2.67. The first-order valence-electron chi connectivity index (χ1n) is 8.94. The molecule has 4 rings (SSSR count). The van der Waals surface area contributed by atoms with Gasteiger partial charge in [-0.05, 0) is 35.7 Å². The molecule has 1 N–H and O–H groups in total. The number of hydrogen-bond donors (Lipinski definition) is 1. The van der Waals surface area contributed by atoms with Gasteiger partial charge in [-0.3, -0.25) is 19.5 Å². The minimum Gasteiger partial charge on any atom is -0.320 e. The Kier molecular flexibility index (Phi) is 6.05. The maximum atomic E-state index is 13.3. The Balaban J connectivity index is 1.56. The average Bonchev–Trinajstić information content (AvgIpc) is 3.43. The number of carbonyl (C=O) groups excluding carboxylic acids is 1. The van der Waals surface area contributed by atoms with Crippen molar-refractivity contribution in [3.05, 3.63) is 82.0 Å². The Labute approximate surface area is 183 Å². The highest BCUT2D eigenvalue weighted by Crippen LogP contribution is 2.31. The molecule has 0 bridgehead atoms. The number of amides is 1. The summed E-state index contributed by atoms with van der Waals surface area (Å²) in [6.07, 6.45) is 0. The van der Waals surface area contributed by atoms with Crippen molar-refractivity contribution in [1.29, 1.82) is 0 Å². The van der Waals surface area contributed by atoms with Crippen molar-refractivity contribution in [2.24, 2.45) is 0 Å². The molecule has 8 nitrogen and oxygen atoms in total. The predicted octanol–water partition coefficient (Wildman–Crippen LogP) is 4.77. The van der Waals surface area contributed by atoms with E-state index in [1.54, 1.807) is 0 Å². The number of halogens is 1. The molecule has 4 aromatic rings. The van der Waals surface area contributed by atoms with Crippen LogP contribution < -0.4 is 5.32 Å². The maximum Gasteiger partial charge on any atom is 0.295 e. The van der Waals surface area contributed by atoms with Gasteiger partial charge in [-0.25, -0.2) is 4.39 Å². The minimum atomic E-state index is -0.754. The highest BCUT2D eigenvalue weighted by molar-refractivity contribution is 7.99. The van der Waals surface area contributed by atoms with E-state index in [2.05, 4.69) is 15.5 Å². The van der Waals surface area contributed by atoms with Crippen LogP contribution in [0.4, 0.5) is 15.8 Å². The second-order valence-electron chi connectivity index (χ2n) is 6.21. The van der Waals surface area contributed by atoms with Crippen LogP contribution in [0.5, 0.6) is 0 Å². The zero-order chi connectivity index (χ0) is 21.8. The number of nitro groups is 1. The van der Waals surface area contributed by atoms with E-state index in [0.29, 0.717) is 11.0 Å². The topological polar surface area (TPSA) is 103 Å². The molecular weight excluding hydrogens is 441 g/mol. The van der Waals surface area contributed by atoms with Crippen molar-refractivity contribution in [2.75, 3.05) is 11.1 Å². The lowest BCUT2D eigenvalue weighted by atomic mass is 10.2. The average molecular weight is 455 g/mol. The normalized spacial score (nSPS) is 10.7. The van der Waals surface area contributed by atoms with E-state index in [1.807, 2.05) is 52.4 Å². The largest absolute Gasteiger partial charge is 0.320 e. The molecule has 0 saturated heterocycles. The third kappa shape index (κ3) is 4.62. The van der Waals surface area contributed by atoms with Crippen LogP contribution in [0.25, 0.3) is 16.4 Å². The lowest BCUT2D eigenvalue weighted by Gasteiger charge is -2.09. The van der Waals surface area contributed by atoms with Gasteiger partial charge in [0.05, 0.1) is 21.6 Å². The fourth-order valence-electron chi connectivity index (χ4n) is 2.82. The summed E-state index contributed by atoms with van der Waals surface area (Å²) in [6, 6.07) is 16.3. The molecule has 2 heterocycles. The summed E-state index contributed by atoms with van der Waals surface area (Å²) in [4.78, 5) is 23.7. The summed E-state index contributed by atoms with van der Waals surface area (Å²) in [5.41, 5.74) is 0.263. The number of thioether (sulfide) groups is 1. The standard InChI is InChI=1S/C20H14FN5O3S2/c21-13-8-9-15(16(11-13)26(28)29)22-18(27)12-31-20-24-23-19(17-7-4-10-30-17)25(20)14-5-2-1-3-6-14/h1-11H,12H2,(H,22,27). The quantitative estimate of drug-likeness (QED) is 0.245. The van der Waals surface area contributed by atoms with Crippen LogP contribution in [0.1, 0.15) is 0 Å². The van der Waals surface area contributed by atoms with Gasteiger partial charge in [0, 0.05) is 5.69 Å². The van der Waals surface area contributed by atoms with E-state index in [0.717, 1.165) is 40.5 Å². The lowest BCUT2D eigenvalue weighted by molar-refractivity contribution is -0.384. The van der Waals surface area contributed by atoms with Crippen LogP contribution in [-0.4, -0.2) is 31.3 Å². The fourth-order valence-corrected chi connectivity index (χ4v) is 4.27. The fraction of sp³-hybridized carbons (Fsp3) is 0.0500. The monoisotopic (exact) mass is 455 g/mol. The molecular formula is C20H14FN5O3S2. The molecule has 0 unspecified atom stereocenters. The van der Waals surface area contributed by atoms with Gasteiger partial charge in [0.1, 0.15) is 11.5 Å². The molecule has 0 aliphatic carbocycles. The molecule has 0 fully saturated rings. The number of carbonyl (C=O) groups is 1. The van der Waals surface area contributed by atoms with Crippen molar-refractivity contribution in [2.45, 2.75) is 5.16 Å². The molecule has 11 heteroatoms. The number of anilines is 1. The van der Waals surface area contributed by atoms with Gasteiger partial charge in [-0.2, -0.15) is 0 Å². The molecule has 2 aromatic heterocycles. The SMILES string of the molecule is O=C(CSc1nnc(-c2cccs2)n1-c1ccccc1)Nc1ccc(F)cc1[N+](=O)[O-]. The minimum absolute atomic E-state index is 0.0655. The predicted molar refractivity (Wildman–Crippen MR) is 117 cm³/mol. The second-order valence-corrected chi connectivity index (χ2v) is 8.10. The van der Waals surface area contributed by atoms with E-state index in [9.17, 15) is 19.3 Å². The molecule has 0 saturated carbocycles. The lowest BCUT2D eigenvalue weighted by Crippen LogP contribution is -2.15.